The first-order valence-corrected chi connectivity index (χ1v) is 6.85. The Labute approximate surface area is 124 Å². The zero-order chi connectivity index (χ0) is 14.7. The molecule has 2 aromatic carbocycles. The van der Waals surface area contributed by atoms with Crippen molar-refractivity contribution in [3.63, 3.8) is 0 Å². The molecule has 0 radical (unpaired) electrons. The molecule has 0 amide bonds. The first-order valence-electron chi connectivity index (χ1n) is 6.47. The van der Waals surface area contributed by atoms with Gasteiger partial charge in [0.1, 0.15) is 5.82 Å². The molecule has 0 saturated heterocycles. The average Bonchev–Trinajstić information content (AvgIpc) is 2.43. The molecule has 4 heteroatoms. The first-order chi connectivity index (χ1) is 9.52. The monoisotopic (exact) mass is 292 g/mol. The Morgan fingerprint density at radius 2 is 2.00 bits per heavy atom. The van der Waals surface area contributed by atoms with E-state index in [1.807, 2.05) is 43.1 Å². The largest absolute Gasteiger partial charge is 0.366 e. The highest BCUT2D eigenvalue weighted by Gasteiger charge is 2.17. The van der Waals surface area contributed by atoms with Crippen LogP contribution in [0.1, 0.15) is 17.2 Å². The minimum atomic E-state index is -0.257. The van der Waals surface area contributed by atoms with Crippen LogP contribution < -0.4 is 10.6 Å². The van der Waals surface area contributed by atoms with E-state index in [2.05, 4.69) is 0 Å². The highest BCUT2D eigenvalue weighted by molar-refractivity contribution is 6.31. The Hall–Kier alpha value is -1.58. The van der Waals surface area contributed by atoms with Crippen molar-refractivity contribution in [2.24, 2.45) is 5.73 Å². The summed E-state index contributed by atoms with van der Waals surface area (Å²) in [6.07, 6.45) is 0. The number of benzene rings is 2. The van der Waals surface area contributed by atoms with E-state index >= 15 is 0 Å². The Bertz CT molecular complexity index is 601. The van der Waals surface area contributed by atoms with Crippen LogP contribution in [0.2, 0.25) is 5.02 Å². The Morgan fingerprint density at radius 3 is 2.60 bits per heavy atom. The Morgan fingerprint density at radius 1 is 1.25 bits per heavy atom. The molecule has 0 saturated carbocycles. The van der Waals surface area contributed by atoms with Crippen molar-refractivity contribution in [3.8, 4) is 0 Å². The van der Waals surface area contributed by atoms with E-state index in [4.69, 9.17) is 17.3 Å². The first kappa shape index (κ1) is 14.8. The van der Waals surface area contributed by atoms with Crippen molar-refractivity contribution in [2.75, 3.05) is 18.5 Å². The number of aryl methyl sites for hydroxylation is 1. The maximum atomic E-state index is 13.3. The quantitative estimate of drug-likeness (QED) is 0.925. The molecule has 0 fully saturated rings. The standard InChI is InChI=1S/C16H18ClFN2/c1-11-6-7-12(8-15(11)17)16(10-19)20(2)14-5-3-4-13(18)9-14/h3-9,16H,10,19H2,1-2H3. The van der Waals surface area contributed by atoms with Gasteiger partial charge in [-0.1, -0.05) is 29.8 Å². The molecule has 0 aromatic heterocycles. The van der Waals surface area contributed by atoms with Crippen LogP contribution in [-0.2, 0) is 0 Å². The van der Waals surface area contributed by atoms with E-state index in [9.17, 15) is 4.39 Å². The number of rotatable bonds is 4. The summed E-state index contributed by atoms with van der Waals surface area (Å²) in [6, 6.07) is 12.3. The van der Waals surface area contributed by atoms with E-state index in [0.717, 1.165) is 16.8 Å². The number of anilines is 1. The van der Waals surface area contributed by atoms with Gasteiger partial charge in [0.25, 0.3) is 0 Å². The predicted molar refractivity (Wildman–Crippen MR) is 82.8 cm³/mol. The van der Waals surface area contributed by atoms with Gasteiger partial charge in [-0.3, -0.25) is 0 Å². The molecule has 2 rings (SSSR count). The summed E-state index contributed by atoms with van der Waals surface area (Å²) in [6.45, 7) is 2.38. The maximum absolute atomic E-state index is 13.3. The summed E-state index contributed by atoms with van der Waals surface area (Å²) in [5.41, 5.74) is 8.73. The van der Waals surface area contributed by atoms with Crippen molar-refractivity contribution in [1.82, 2.24) is 0 Å². The van der Waals surface area contributed by atoms with Gasteiger partial charge < -0.3 is 10.6 Å². The normalized spacial score (nSPS) is 12.2. The summed E-state index contributed by atoms with van der Waals surface area (Å²) in [7, 11) is 1.90. The van der Waals surface area contributed by atoms with Gasteiger partial charge >= 0.3 is 0 Å². The van der Waals surface area contributed by atoms with Crippen molar-refractivity contribution in [1.29, 1.82) is 0 Å². The molecule has 0 aliphatic carbocycles. The number of nitrogens with zero attached hydrogens (tertiary/aromatic N) is 1. The summed E-state index contributed by atoms with van der Waals surface area (Å²) in [5.74, 6) is -0.257. The zero-order valence-electron chi connectivity index (χ0n) is 11.6. The number of likely N-dealkylation sites (N-methyl/N-ethyl adjacent to an activating group) is 1. The highest BCUT2D eigenvalue weighted by Crippen LogP contribution is 2.28. The van der Waals surface area contributed by atoms with Crippen LogP contribution in [0, 0.1) is 12.7 Å². The molecule has 0 aliphatic heterocycles. The Kier molecular flexibility index (Phi) is 4.63. The maximum Gasteiger partial charge on any atom is 0.125 e. The van der Waals surface area contributed by atoms with Gasteiger partial charge in [0.05, 0.1) is 6.04 Å². The summed E-state index contributed by atoms with van der Waals surface area (Å²) < 4.78 is 13.3. The van der Waals surface area contributed by atoms with Gasteiger partial charge in [0.2, 0.25) is 0 Å². The predicted octanol–water partition coefficient (Wildman–Crippen LogP) is 3.92. The fraction of sp³-hybridized carbons (Fsp3) is 0.250. The van der Waals surface area contributed by atoms with Crippen LogP contribution in [0.15, 0.2) is 42.5 Å². The number of hydrogen-bond donors (Lipinski definition) is 1. The fourth-order valence-electron chi connectivity index (χ4n) is 2.21. The SMILES string of the molecule is Cc1ccc(C(CN)N(C)c2cccc(F)c2)cc1Cl. The van der Waals surface area contributed by atoms with Crippen molar-refractivity contribution >= 4 is 17.3 Å². The molecule has 0 spiro atoms. The second-order valence-corrected chi connectivity index (χ2v) is 5.26. The number of halogens is 2. The topological polar surface area (TPSA) is 29.3 Å². The third kappa shape index (κ3) is 3.11. The van der Waals surface area contributed by atoms with Gasteiger partial charge in [-0.2, -0.15) is 0 Å². The van der Waals surface area contributed by atoms with Crippen LogP contribution in [0.3, 0.4) is 0 Å². The molecular formula is C16H18ClFN2. The van der Waals surface area contributed by atoms with Gasteiger partial charge in [-0.05, 0) is 42.3 Å². The molecule has 106 valence electrons. The molecule has 0 heterocycles. The molecule has 0 aliphatic rings. The average molecular weight is 293 g/mol. The molecule has 1 atom stereocenters. The highest BCUT2D eigenvalue weighted by atomic mass is 35.5. The summed E-state index contributed by atoms with van der Waals surface area (Å²) in [4.78, 5) is 1.96. The molecule has 2 nitrogen and oxygen atoms in total. The minimum Gasteiger partial charge on any atom is -0.366 e. The lowest BCUT2D eigenvalue weighted by molar-refractivity contribution is 0.623. The van der Waals surface area contributed by atoms with Crippen molar-refractivity contribution < 1.29 is 4.39 Å². The molecule has 20 heavy (non-hydrogen) atoms. The third-order valence-electron chi connectivity index (χ3n) is 3.49. The molecular weight excluding hydrogens is 275 g/mol. The summed E-state index contributed by atoms with van der Waals surface area (Å²) >= 11 is 6.17. The second kappa shape index (κ2) is 6.25. The van der Waals surface area contributed by atoms with Crippen molar-refractivity contribution in [3.05, 3.63) is 64.4 Å². The lowest BCUT2D eigenvalue weighted by Crippen LogP contribution is -2.30. The summed E-state index contributed by atoms with van der Waals surface area (Å²) in [5, 5.41) is 0.716. The van der Waals surface area contributed by atoms with Gasteiger partial charge in [0, 0.05) is 24.3 Å². The molecule has 1 unspecified atom stereocenters. The van der Waals surface area contributed by atoms with Gasteiger partial charge in [-0.15, -0.1) is 0 Å². The van der Waals surface area contributed by atoms with Gasteiger partial charge in [0.15, 0.2) is 0 Å². The van der Waals surface area contributed by atoms with E-state index in [-0.39, 0.29) is 11.9 Å². The van der Waals surface area contributed by atoms with E-state index in [1.54, 1.807) is 6.07 Å². The van der Waals surface area contributed by atoms with Crippen LogP contribution in [0.4, 0.5) is 10.1 Å². The third-order valence-corrected chi connectivity index (χ3v) is 3.89. The minimum absolute atomic E-state index is 0.0464. The van der Waals surface area contributed by atoms with Crippen LogP contribution in [0.25, 0.3) is 0 Å². The van der Waals surface area contributed by atoms with Crippen LogP contribution >= 0.6 is 11.6 Å². The van der Waals surface area contributed by atoms with E-state index in [1.165, 1.54) is 12.1 Å². The zero-order valence-corrected chi connectivity index (χ0v) is 12.4. The fourth-order valence-corrected chi connectivity index (χ4v) is 2.40. The number of hydrogen-bond acceptors (Lipinski definition) is 2. The van der Waals surface area contributed by atoms with E-state index in [0.29, 0.717) is 11.6 Å². The number of nitrogens with two attached hydrogens (primary N) is 1. The Balaban J connectivity index is 2.33. The van der Waals surface area contributed by atoms with Gasteiger partial charge in [-0.25, -0.2) is 4.39 Å². The second-order valence-electron chi connectivity index (χ2n) is 4.85. The molecule has 2 N–H and O–H groups in total. The molecule has 2 aromatic rings. The smallest absolute Gasteiger partial charge is 0.125 e. The van der Waals surface area contributed by atoms with E-state index < -0.39 is 0 Å². The van der Waals surface area contributed by atoms with Crippen LogP contribution in [0.5, 0.6) is 0 Å². The lowest BCUT2D eigenvalue weighted by atomic mass is 10.0. The molecule has 0 bridgehead atoms. The van der Waals surface area contributed by atoms with Crippen LogP contribution in [-0.4, -0.2) is 13.6 Å². The lowest BCUT2D eigenvalue weighted by Gasteiger charge is -2.29. The van der Waals surface area contributed by atoms with Crippen molar-refractivity contribution in [2.45, 2.75) is 13.0 Å².